The molecule has 0 spiro atoms. The second-order valence-corrected chi connectivity index (χ2v) is 16.5. The number of amides is 7. The highest BCUT2D eigenvalue weighted by Gasteiger charge is 2.65. The lowest BCUT2D eigenvalue weighted by Gasteiger charge is -2.30. The van der Waals surface area contributed by atoms with E-state index >= 15 is 0 Å². The third-order valence-electron chi connectivity index (χ3n) is 11.1. The predicted octanol–water partition coefficient (Wildman–Crippen LogP) is 2.70. The molecule has 7 amide bonds. The maximum atomic E-state index is 13.8. The van der Waals surface area contributed by atoms with Crippen molar-refractivity contribution in [2.45, 2.75) is 80.5 Å². The van der Waals surface area contributed by atoms with E-state index in [4.69, 9.17) is 14.2 Å². The SMILES string of the molecule is O=C(CCCC[C@@H]1SC[C@@H]2NC(=O)N[C@@H]21)NCCOCCOCCOc1cc(C2(C(F)(F)F)N=N2)ccc1C(=O)NCCNC(=O)C1CCC(CN2C(=O)C=CC2=O)CC1. The third kappa shape index (κ3) is 11.7. The van der Waals surface area contributed by atoms with Crippen molar-refractivity contribution in [3.63, 3.8) is 0 Å². The van der Waals surface area contributed by atoms with E-state index in [0.717, 1.165) is 37.1 Å². The number of thioether (sulfide) groups is 1. The number of carbonyl (C=O) groups is 6. The molecule has 0 aromatic heterocycles. The van der Waals surface area contributed by atoms with Crippen LogP contribution in [0.3, 0.4) is 0 Å². The van der Waals surface area contributed by atoms with Crippen LogP contribution in [0.25, 0.3) is 0 Å². The zero-order valence-corrected chi connectivity index (χ0v) is 33.9. The molecule has 5 aliphatic rings. The Hall–Kier alpha value is -4.76. The summed E-state index contributed by atoms with van der Waals surface area (Å²) < 4.78 is 58.1. The number of nitrogens with one attached hydrogen (secondary N) is 5. The van der Waals surface area contributed by atoms with Gasteiger partial charge in [0.25, 0.3) is 17.7 Å². The van der Waals surface area contributed by atoms with Crippen LogP contribution >= 0.6 is 11.8 Å². The molecule has 21 heteroatoms. The maximum absolute atomic E-state index is 13.8. The van der Waals surface area contributed by atoms with Gasteiger partial charge in [0, 0.05) is 67.2 Å². The van der Waals surface area contributed by atoms with Crippen LogP contribution in [0.1, 0.15) is 67.3 Å². The van der Waals surface area contributed by atoms with Gasteiger partial charge in [-0.3, -0.25) is 28.9 Å². The Bertz CT molecular complexity index is 1790. The standard InChI is InChI=1S/C39H51F3N8O9S/c40-39(41,42)38(48-49-38)26-9-10-27(36(55)45-14-13-44-35(54)25-7-5-24(6-8-25)22-50-32(52)11-12-33(50)53)29(21-26)59-20-19-58-18-17-57-16-15-43-31(51)4-2-1-3-30-34-28(23-60-30)46-37(56)47-34/h9-12,21,24-25,28,30,34H,1-8,13-20,22-23H2,(H,43,51)(H,44,54)(H,45,55)(H2,46,47,56)/t24?,25?,28-,30-,34-/m0/s1. The molecule has 1 aliphatic carbocycles. The van der Waals surface area contributed by atoms with Crippen LogP contribution in [0.15, 0.2) is 40.6 Å². The Morgan fingerprint density at radius 1 is 0.867 bits per heavy atom. The summed E-state index contributed by atoms with van der Waals surface area (Å²) in [7, 11) is 0. The summed E-state index contributed by atoms with van der Waals surface area (Å²) in [6.45, 7) is 1.44. The van der Waals surface area contributed by atoms with Gasteiger partial charge in [-0.2, -0.15) is 24.9 Å². The Morgan fingerprint density at radius 2 is 1.57 bits per heavy atom. The molecule has 1 aromatic rings. The summed E-state index contributed by atoms with van der Waals surface area (Å²) in [5.41, 5.74) is -3.05. The lowest BCUT2D eigenvalue weighted by Crippen LogP contribution is -2.40. The van der Waals surface area contributed by atoms with E-state index in [0.29, 0.717) is 50.4 Å². The third-order valence-corrected chi connectivity index (χ3v) is 12.6. The number of unbranched alkanes of at least 4 members (excludes halogenated alkanes) is 1. The van der Waals surface area contributed by atoms with Gasteiger partial charge in [-0.05, 0) is 56.6 Å². The molecule has 328 valence electrons. The number of ether oxygens (including phenoxy) is 3. The zero-order chi connectivity index (χ0) is 42.7. The van der Waals surface area contributed by atoms with E-state index in [9.17, 15) is 41.9 Å². The topological polar surface area (TPSA) is 218 Å². The highest BCUT2D eigenvalue weighted by molar-refractivity contribution is 8.00. The van der Waals surface area contributed by atoms with Crippen molar-refractivity contribution in [2.75, 3.05) is 65.0 Å². The van der Waals surface area contributed by atoms with Gasteiger partial charge in [-0.15, -0.1) is 10.2 Å². The molecule has 1 aromatic carbocycles. The van der Waals surface area contributed by atoms with Crippen LogP contribution in [0, 0.1) is 11.8 Å². The molecule has 3 atom stereocenters. The van der Waals surface area contributed by atoms with E-state index in [2.05, 4.69) is 36.8 Å². The lowest BCUT2D eigenvalue weighted by molar-refractivity contribution is -0.166. The fourth-order valence-corrected chi connectivity index (χ4v) is 9.27. The first-order valence-corrected chi connectivity index (χ1v) is 21.4. The number of alkyl halides is 3. The normalized spacial score (nSPS) is 23.9. The van der Waals surface area contributed by atoms with Gasteiger partial charge < -0.3 is 40.8 Å². The molecule has 6 rings (SSSR count). The molecule has 5 N–H and O–H groups in total. The number of urea groups is 1. The molecule has 0 radical (unpaired) electrons. The first kappa shape index (κ1) is 44.8. The molecule has 4 aliphatic heterocycles. The monoisotopic (exact) mass is 864 g/mol. The number of hydrogen-bond acceptors (Lipinski definition) is 12. The van der Waals surface area contributed by atoms with E-state index in [1.54, 1.807) is 0 Å². The van der Waals surface area contributed by atoms with E-state index in [1.165, 1.54) is 23.1 Å². The first-order valence-electron chi connectivity index (χ1n) is 20.3. The van der Waals surface area contributed by atoms with Crippen molar-refractivity contribution in [3.05, 3.63) is 41.5 Å². The highest BCUT2D eigenvalue weighted by Crippen LogP contribution is 2.53. The fourth-order valence-electron chi connectivity index (χ4n) is 7.72. The van der Waals surface area contributed by atoms with Crippen molar-refractivity contribution in [3.8, 4) is 5.75 Å². The van der Waals surface area contributed by atoms with Gasteiger partial charge in [0.2, 0.25) is 11.8 Å². The van der Waals surface area contributed by atoms with Crippen molar-refractivity contribution >= 4 is 47.3 Å². The largest absolute Gasteiger partial charge is 0.490 e. The smallest absolute Gasteiger partial charge is 0.442 e. The minimum Gasteiger partial charge on any atom is -0.490 e. The zero-order valence-electron chi connectivity index (χ0n) is 33.1. The van der Waals surface area contributed by atoms with Crippen molar-refractivity contribution in [2.24, 2.45) is 22.1 Å². The van der Waals surface area contributed by atoms with Crippen molar-refractivity contribution in [1.29, 1.82) is 0 Å². The summed E-state index contributed by atoms with van der Waals surface area (Å²) in [4.78, 5) is 74.6. The van der Waals surface area contributed by atoms with Gasteiger partial charge in [0.15, 0.2) is 0 Å². The molecule has 17 nitrogen and oxygen atoms in total. The molecule has 0 unspecified atom stereocenters. The number of carbonyl (C=O) groups excluding carboxylic acids is 6. The molecule has 1 saturated carbocycles. The Kier molecular flexibility index (Phi) is 15.4. The number of rotatable bonds is 23. The van der Waals surface area contributed by atoms with Crippen molar-refractivity contribution in [1.82, 2.24) is 31.5 Å². The van der Waals surface area contributed by atoms with Crippen LogP contribution in [-0.2, 0) is 34.3 Å². The molecule has 60 heavy (non-hydrogen) atoms. The quantitative estimate of drug-likeness (QED) is 0.0616. The summed E-state index contributed by atoms with van der Waals surface area (Å²) in [6, 6.07) is 3.65. The summed E-state index contributed by atoms with van der Waals surface area (Å²) in [5, 5.41) is 21.0. The van der Waals surface area contributed by atoms with Crippen LogP contribution in [-0.4, -0.2) is 129 Å². The Labute approximate surface area is 349 Å². The predicted molar refractivity (Wildman–Crippen MR) is 210 cm³/mol. The minimum absolute atomic E-state index is 0.0282. The maximum Gasteiger partial charge on any atom is 0.442 e. The number of imide groups is 1. The van der Waals surface area contributed by atoms with Crippen LogP contribution in [0.5, 0.6) is 5.75 Å². The average molecular weight is 865 g/mol. The second kappa shape index (κ2) is 20.7. The molecule has 2 saturated heterocycles. The Morgan fingerprint density at radius 3 is 2.28 bits per heavy atom. The second-order valence-electron chi connectivity index (χ2n) is 15.3. The molecular weight excluding hydrogens is 814 g/mol. The number of benzene rings is 1. The highest BCUT2D eigenvalue weighted by atomic mass is 32.2. The van der Waals surface area contributed by atoms with E-state index in [1.807, 2.05) is 11.8 Å². The summed E-state index contributed by atoms with van der Waals surface area (Å²) in [6.07, 6.45) is 3.27. The molecular formula is C39H51F3N8O9S. The van der Waals surface area contributed by atoms with Gasteiger partial charge in [-0.25, -0.2) is 4.79 Å². The van der Waals surface area contributed by atoms with Gasteiger partial charge in [-0.1, -0.05) is 12.5 Å². The fraction of sp³-hybridized carbons (Fsp3) is 0.641. The number of nitrogens with zero attached hydrogens (tertiary/aromatic N) is 3. The Balaban J connectivity index is 0.841. The number of hydrogen-bond donors (Lipinski definition) is 5. The molecule has 3 fully saturated rings. The van der Waals surface area contributed by atoms with Crippen LogP contribution < -0.4 is 31.3 Å². The summed E-state index contributed by atoms with van der Waals surface area (Å²) in [5.74, 6) is -0.855. The minimum atomic E-state index is -4.78. The summed E-state index contributed by atoms with van der Waals surface area (Å²) >= 11 is 1.85. The molecule has 4 heterocycles. The van der Waals surface area contributed by atoms with Gasteiger partial charge >= 0.3 is 17.9 Å². The van der Waals surface area contributed by atoms with Crippen LogP contribution in [0.4, 0.5) is 18.0 Å². The first-order chi connectivity index (χ1) is 28.8. The average Bonchev–Trinajstić information content (AvgIpc) is 3.75. The van der Waals surface area contributed by atoms with Crippen molar-refractivity contribution < 1.29 is 56.1 Å². The van der Waals surface area contributed by atoms with E-state index < -0.39 is 17.7 Å². The van der Waals surface area contributed by atoms with E-state index in [-0.39, 0.29) is 117 Å². The number of fused-ring (bicyclic) bond motifs is 1. The van der Waals surface area contributed by atoms with Gasteiger partial charge in [0.1, 0.15) is 12.4 Å². The lowest BCUT2D eigenvalue weighted by atomic mass is 9.81. The van der Waals surface area contributed by atoms with Crippen LogP contribution in [0.2, 0.25) is 0 Å². The van der Waals surface area contributed by atoms with Gasteiger partial charge in [0.05, 0.1) is 44.1 Å². The molecule has 0 bridgehead atoms. The number of halogens is 3.